The van der Waals surface area contributed by atoms with E-state index < -0.39 is 30.4 Å². The average Bonchev–Trinajstić information content (AvgIpc) is 2.66. The Morgan fingerprint density at radius 3 is 2.56 bits per heavy atom. The van der Waals surface area contributed by atoms with Crippen LogP contribution in [0.1, 0.15) is 6.92 Å². The lowest BCUT2D eigenvalue weighted by atomic mass is 10.1. The van der Waals surface area contributed by atoms with Crippen LogP contribution in [0.5, 0.6) is 5.75 Å². The minimum atomic E-state index is -1.000. The second-order valence-electron chi connectivity index (χ2n) is 5.93. The van der Waals surface area contributed by atoms with Crippen LogP contribution in [-0.2, 0) is 14.3 Å². The number of halogens is 1. The van der Waals surface area contributed by atoms with E-state index in [1.807, 2.05) is 36.4 Å². The summed E-state index contributed by atoms with van der Waals surface area (Å²) >= 11 is 0. The van der Waals surface area contributed by atoms with Crippen molar-refractivity contribution in [3.8, 4) is 5.75 Å². The highest BCUT2D eigenvalue weighted by Crippen LogP contribution is 2.19. The second kappa shape index (κ2) is 8.31. The van der Waals surface area contributed by atoms with E-state index in [4.69, 9.17) is 9.47 Å². The first kappa shape index (κ1) is 18.4. The number of carbonyl (C=O) groups excluding carboxylic acids is 2. The van der Waals surface area contributed by atoms with Crippen LogP contribution in [0.15, 0.2) is 66.7 Å². The molecule has 0 heterocycles. The van der Waals surface area contributed by atoms with Gasteiger partial charge in [0.25, 0.3) is 5.91 Å². The fourth-order valence-corrected chi connectivity index (χ4v) is 2.49. The maximum atomic E-state index is 13.1. The summed E-state index contributed by atoms with van der Waals surface area (Å²) < 4.78 is 23.3. The molecule has 5 nitrogen and oxygen atoms in total. The van der Waals surface area contributed by atoms with Gasteiger partial charge in [-0.3, -0.25) is 4.79 Å². The van der Waals surface area contributed by atoms with Gasteiger partial charge in [0.05, 0.1) is 0 Å². The molecule has 0 aliphatic heterocycles. The molecule has 1 atom stereocenters. The van der Waals surface area contributed by atoms with Crippen LogP contribution in [0.2, 0.25) is 0 Å². The van der Waals surface area contributed by atoms with Gasteiger partial charge in [-0.15, -0.1) is 0 Å². The van der Waals surface area contributed by atoms with E-state index in [2.05, 4.69) is 5.32 Å². The fraction of sp³-hybridized carbons (Fsp3) is 0.143. The van der Waals surface area contributed by atoms with Gasteiger partial charge in [-0.2, -0.15) is 0 Å². The topological polar surface area (TPSA) is 64.6 Å². The van der Waals surface area contributed by atoms with Gasteiger partial charge in [0.15, 0.2) is 12.7 Å². The van der Waals surface area contributed by atoms with Gasteiger partial charge in [0.1, 0.15) is 11.6 Å². The number of amides is 1. The van der Waals surface area contributed by atoms with Crippen LogP contribution < -0.4 is 10.1 Å². The van der Waals surface area contributed by atoms with Crippen molar-refractivity contribution in [3.05, 3.63) is 72.5 Å². The summed E-state index contributed by atoms with van der Waals surface area (Å²) in [6.45, 7) is 1.05. The van der Waals surface area contributed by atoms with Crippen LogP contribution in [0, 0.1) is 5.82 Å². The van der Waals surface area contributed by atoms with Crippen LogP contribution in [0.4, 0.5) is 10.1 Å². The largest absolute Gasteiger partial charge is 0.482 e. The zero-order chi connectivity index (χ0) is 19.2. The van der Waals surface area contributed by atoms with Crippen molar-refractivity contribution in [1.29, 1.82) is 0 Å². The predicted octanol–water partition coefficient (Wildman–Crippen LogP) is 3.93. The molecule has 138 valence electrons. The number of nitrogens with one attached hydrogen (secondary N) is 1. The van der Waals surface area contributed by atoms with Gasteiger partial charge in [0, 0.05) is 11.8 Å². The molecule has 3 aromatic rings. The second-order valence-corrected chi connectivity index (χ2v) is 5.93. The molecule has 0 radical (unpaired) electrons. The molecule has 0 aliphatic rings. The fourth-order valence-electron chi connectivity index (χ4n) is 2.49. The lowest BCUT2D eigenvalue weighted by Gasteiger charge is -2.14. The molecule has 0 unspecified atom stereocenters. The van der Waals surface area contributed by atoms with Crippen molar-refractivity contribution in [3.63, 3.8) is 0 Å². The number of benzene rings is 3. The summed E-state index contributed by atoms with van der Waals surface area (Å²) in [6.07, 6.45) is -1.000. The lowest BCUT2D eigenvalue weighted by Crippen LogP contribution is -2.31. The Morgan fingerprint density at radius 1 is 1.00 bits per heavy atom. The van der Waals surface area contributed by atoms with Crippen LogP contribution in [0.3, 0.4) is 0 Å². The van der Waals surface area contributed by atoms with Crippen molar-refractivity contribution in [2.45, 2.75) is 13.0 Å². The van der Waals surface area contributed by atoms with E-state index in [-0.39, 0.29) is 5.75 Å². The molecule has 0 bridgehead atoms. The summed E-state index contributed by atoms with van der Waals surface area (Å²) in [5, 5.41) is 4.76. The number of ether oxygens (including phenoxy) is 2. The molecule has 0 fully saturated rings. The van der Waals surface area contributed by atoms with Crippen molar-refractivity contribution < 1.29 is 23.5 Å². The molecule has 0 saturated heterocycles. The smallest absolute Gasteiger partial charge is 0.344 e. The number of rotatable bonds is 6. The van der Waals surface area contributed by atoms with Crippen molar-refractivity contribution in [1.82, 2.24) is 0 Å². The van der Waals surface area contributed by atoms with Gasteiger partial charge < -0.3 is 14.8 Å². The summed E-state index contributed by atoms with van der Waals surface area (Å²) in [5.41, 5.74) is 0.609. The molecular formula is C21H18FNO4. The standard InChI is InChI=1S/C21H18FNO4/c1-14(27-20(24)13-26-19-8-4-7-17(22)12-19)21(25)23-18-10-9-15-5-2-3-6-16(15)11-18/h2-12,14H,13H2,1H3,(H,23,25)/t14-/m0/s1. The molecule has 3 aromatic carbocycles. The van der Waals surface area contributed by atoms with Gasteiger partial charge in [0.2, 0.25) is 0 Å². The molecule has 3 rings (SSSR count). The van der Waals surface area contributed by atoms with Gasteiger partial charge in [-0.1, -0.05) is 36.4 Å². The molecule has 0 aliphatic carbocycles. The molecule has 0 spiro atoms. The average molecular weight is 367 g/mol. The summed E-state index contributed by atoms with van der Waals surface area (Å²) in [4.78, 5) is 24.0. The van der Waals surface area contributed by atoms with E-state index in [0.717, 1.165) is 16.8 Å². The van der Waals surface area contributed by atoms with Gasteiger partial charge in [-0.05, 0) is 42.0 Å². The Morgan fingerprint density at radius 2 is 1.78 bits per heavy atom. The quantitative estimate of drug-likeness (QED) is 0.671. The Balaban J connectivity index is 1.52. The number of hydrogen-bond donors (Lipinski definition) is 1. The van der Waals surface area contributed by atoms with E-state index in [1.54, 1.807) is 6.07 Å². The van der Waals surface area contributed by atoms with Crippen LogP contribution in [-0.4, -0.2) is 24.6 Å². The summed E-state index contributed by atoms with van der Waals surface area (Å²) in [6, 6.07) is 18.7. The minimum absolute atomic E-state index is 0.209. The zero-order valence-corrected chi connectivity index (χ0v) is 14.6. The van der Waals surface area contributed by atoms with E-state index in [9.17, 15) is 14.0 Å². The molecule has 6 heteroatoms. The van der Waals surface area contributed by atoms with Gasteiger partial charge in [-0.25, -0.2) is 9.18 Å². The zero-order valence-electron chi connectivity index (χ0n) is 14.6. The summed E-state index contributed by atoms with van der Waals surface area (Å²) in [5.74, 6) is -1.44. The number of esters is 1. The Labute approximate surface area is 155 Å². The van der Waals surface area contributed by atoms with E-state index >= 15 is 0 Å². The monoisotopic (exact) mass is 367 g/mol. The Hall–Kier alpha value is -3.41. The first-order valence-electron chi connectivity index (χ1n) is 8.39. The normalized spacial score (nSPS) is 11.6. The predicted molar refractivity (Wildman–Crippen MR) is 100 cm³/mol. The van der Waals surface area contributed by atoms with Crippen molar-refractivity contribution >= 4 is 28.3 Å². The van der Waals surface area contributed by atoms with E-state index in [0.29, 0.717) is 5.69 Å². The van der Waals surface area contributed by atoms with Crippen molar-refractivity contribution in [2.24, 2.45) is 0 Å². The third-order valence-corrected chi connectivity index (χ3v) is 3.85. The van der Waals surface area contributed by atoms with Crippen LogP contribution in [0.25, 0.3) is 10.8 Å². The Kier molecular flexibility index (Phi) is 5.66. The highest BCUT2D eigenvalue weighted by atomic mass is 19.1. The van der Waals surface area contributed by atoms with Crippen LogP contribution >= 0.6 is 0 Å². The maximum absolute atomic E-state index is 13.1. The highest BCUT2D eigenvalue weighted by Gasteiger charge is 2.18. The first-order chi connectivity index (χ1) is 13.0. The molecular weight excluding hydrogens is 349 g/mol. The van der Waals surface area contributed by atoms with E-state index in [1.165, 1.54) is 25.1 Å². The number of carbonyl (C=O) groups is 2. The lowest BCUT2D eigenvalue weighted by molar-refractivity contribution is -0.155. The molecule has 1 N–H and O–H groups in total. The minimum Gasteiger partial charge on any atom is -0.482 e. The highest BCUT2D eigenvalue weighted by molar-refractivity contribution is 5.97. The molecule has 0 aromatic heterocycles. The molecule has 1 amide bonds. The third-order valence-electron chi connectivity index (χ3n) is 3.85. The molecule has 27 heavy (non-hydrogen) atoms. The maximum Gasteiger partial charge on any atom is 0.344 e. The van der Waals surface area contributed by atoms with Gasteiger partial charge >= 0.3 is 5.97 Å². The first-order valence-corrected chi connectivity index (χ1v) is 8.39. The number of fused-ring (bicyclic) bond motifs is 1. The number of anilines is 1. The Bertz CT molecular complexity index is 973. The van der Waals surface area contributed by atoms with Crippen molar-refractivity contribution in [2.75, 3.05) is 11.9 Å². The number of hydrogen-bond acceptors (Lipinski definition) is 4. The SMILES string of the molecule is C[C@H](OC(=O)COc1cccc(F)c1)C(=O)Nc1ccc2ccccc2c1. The third kappa shape index (κ3) is 5.04. The molecule has 0 saturated carbocycles. The summed E-state index contributed by atoms with van der Waals surface area (Å²) in [7, 11) is 0.